The Morgan fingerprint density at radius 3 is 2.22 bits per heavy atom. The fourth-order valence-corrected chi connectivity index (χ4v) is 13.7. The summed E-state index contributed by atoms with van der Waals surface area (Å²) >= 11 is 0. The highest BCUT2D eigenvalue weighted by molar-refractivity contribution is 6.02. The van der Waals surface area contributed by atoms with Crippen LogP contribution >= 0.6 is 0 Å². The molecule has 5 fully saturated rings. The summed E-state index contributed by atoms with van der Waals surface area (Å²) in [7, 11) is 0. The topological polar surface area (TPSA) is 199 Å². The predicted octanol–water partition coefficient (Wildman–Crippen LogP) is 7.49. The van der Waals surface area contributed by atoms with Gasteiger partial charge in [-0.1, -0.05) is 30.3 Å². The minimum absolute atomic E-state index is 0.0484. The van der Waals surface area contributed by atoms with Crippen molar-refractivity contribution in [3.05, 3.63) is 108 Å². The van der Waals surface area contributed by atoms with Crippen LogP contribution in [0.5, 0.6) is 11.5 Å². The highest BCUT2D eigenvalue weighted by Crippen LogP contribution is 2.53. The Kier molecular flexibility index (Phi) is 14.8. The quantitative estimate of drug-likeness (QED) is 0.0875. The molecule has 7 heterocycles. The lowest BCUT2D eigenvalue weighted by atomic mass is 9.81. The first-order chi connectivity index (χ1) is 39.3. The van der Waals surface area contributed by atoms with E-state index < -0.39 is 17.6 Å². The molecule has 4 aromatic carbocycles. The average Bonchev–Trinajstić information content (AvgIpc) is 4.11. The lowest BCUT2D eigenvalue weighted by Gasteiger charge is -2.46. The number of aromatic nitrogens is 1. The summed E-state index contributed by atoms with van der Waals surface area (Å²) in [6.07, 6.45) is 5.17. The number of benzene rings is 4. The molecule has 1 unspecified atom stereocenters. The molecule has 3 N–H and O–H groups in total. The van der Waals surface area contributed by atoms with E-state index in [4.69, 9.17) is 9.47 Å². The molecule has 2 atom stereocenters. The fraction of sp³-hybridized carbons (Fsp3) is 0.468. The van der Waals surface area contributed by atoms with Gasteiger partial charge in [-0.15, -0.1) is 0 Å². The number of nitriles is 1. The molecule has 0 radical (unpaired) electrons. The largest absolute Gasteiger partial charge is 0.492 e. The van der Waals surface area contributed by atoms with E-state index in [1.165, 1.54) is 4.90 Å². The van der Waals surface area contributed by atoms with Crippen molar-refractivity contribution in [2.45, 2.75) is 94.1 Å². The Morgan fingerprint density at radius 1 is 0.753 bits per heavy atom. The van der Waals surface area contributed by atoms with Crippen molar-refractivity contribution in [3.63, 3.8) is 0 Å². The van der Waals surface area contributed by atoms with Gasteiger partial charge < -0.3 is 34.8 Å². The van der Waals surface area contributed by atoms with Crippen molar-refractivity contribution < 1.29 is 47.0 Å². The normalized spacial score (nSPS) is 23.7. The van der Waals surface area contributed by atoms with Crippen LogP contribution in [0.15, 0.2) is 91.0 Å². The maximum absolute atomic E-state index is 17.4. The van der Waals surface area contributed by atoms with Crippen LogP contribution in [-0.4, -0.2) is 132 Å². The zero-order valence-electron chi connectivity index (χ0n) is 45.3. The number of piperazine rings is 1. The lowest BCUT2D eigenvalue weighted by molar-refractivity contribution is -0.232. The van der Waals surface area contributed by atoms with Gasteiger partial charge in [0.05, 0.1) is 41.2 Å². The third kappa shape index (κ3) is 10.5. The number of rotatable bonds is 11. The summed E-state index contributed by atoms with van der Waals surface area (Å²) in [5.41, 5.74) is 2.30. The number of nitrogens with zero attached hydrogens (tertiary/aromatic N) is 6. The second kappa shape index (κ2) is 22.2. The van der Waals surface area contributed by atoms with Gasteiger partial charge in [0.25, 0.3) is 0 Å². The smallest absolute Gasteiger partial charge is 0.369 e. The summed E-state index contributed by atoms with van der Waals surface area (Å²) in [5, 5.41) is 18.6. The molecule has 7 aliphatic rings. The number of anilines is 2. The summed E-state index contributed by atoms with van der Waals surface area (Å²) < 4.78 is 48.2. The van der Waals surface area contributed by atoms with Gasteiger partial charge in [-0.2, -0.15) is 14.0 Å². The standard InChI is InChI=1S/C62H67F2N9O8/c63-62(64)61(81-54-7-2-1-5-47(54)53-35-48-43(37-65)4-3-6-52(48)73(53)62)22-27-71(28-23-61)60(79)50-36-56(75)67-51-18-16-45(34-49(50)51)80-33-24-66-57(76)41-8-10-42(11-9-41)59(78)72-31-29-69(30-32-72)38-39-20-25-70(26-21-39)44-14-12-40(13-15-44)46-17-19-55(74)68-58(46)77/h1-7,12-16,18,34-35,39,41-42,46,50H,8-11,17,19-33,36,38H2,(H,66,76)(H,67,75)(H,68,74,77)/t41?,42?,46?,50-/m0/s1. The number of fused-ring (bicyclic) bond motifs is 6. The third-order valence-electron chi connectivity index (χ3n) is 18.3. The van der Waals surface area contributed by atoms with E-state index in [9.17, 15) is 34.0 Å². The number of halogens is 2. The van der Waals surface area contributed by atoms with Crippen molar-refractivity contribution in [3.8, 4) is 28.8 Å². The number of likely N-dealkylation sites (tertiary alicyclic amines) is 1. The minimum atomic E-state index is -3.59. The molecule has 19 heteroatoms. The van der Waals surface area contributed by atoms with Crippen molar-refractivity contribution in [2.24, 2.45) is 17.8 Å². The number of nitrogens with one attached hydrogen (secondary N) is 3. The number of carbonyl (C=O) groups is 6. The minimum Gasteiger partial charge on any atom is -0.492 e. The molecule has 1 aromatic heterocycles. The molecule has 12 rings (SSSR count). The van der Waals surface area contributed by atoms with E-state index >= 15 is 8.78 Å². The molecule has 17 nitrogen and oxygen atoms in total. The molecular formula is C62H67F2N9O8. The van der Waals surface area contributed by atoms with E-state index in [0.717, 1.165) is 61.4 Å². The number of alkyl halides is 2. The van der Waals surface area contributed by atoms with Gasteiger partial charge >= 0.3 is 6.05 Å². The Labute approximate surface area is 468 Å². The second-order valence-corrected chi connectivity index (χ2v) is 23.1. The SMILES string of the molecule is N#Cc1cccc2c1cc1n2C(F)(F)C2(CCN(C(=O)[C@H]3CC(=O)Nc4ccc(OCCNC(=O)C5CCC(C(=O)N6CCN(CC7CCN(c8ccc(C9CCC(=O)NC9=O)cc8)CC7)CC6)CC5)cc43)CC2)Oc2ccccc2-1. The number of piperidine rings is 3. The number of hydrogen-bond acceptors (Lipinski definition) is 11. The molecule has 1 saturated carbocycles. The van der Waals surface area contributed by atoms with Gasteiger partial charge in [0, 0.05) is 119 Å². The van der Waals surface area contributed by atoms with Crippen LogP contribution in [0, 0.1) is 29.1 Å². The van der Waals surface area contributed by atoms with Crippen LogP contribution < -0.4 is 30.3 Å². The fourth-order valence-electron chi connectivity index (χ4n) is 13.7. The Morgan fingerprint density at radius 2 is 1.48 bits per heavy atom. The van der Waals surface area contributed by atoms with Crippen LogP contribution in [0.2, 0.25) is 0 Å². The molecular weight excluding hydrogens is 1040 g/mol. The molecule has 422 valence electrons. The van der Waals surface area contributed by atoms with Crippen molar-refractivity contribution >= 4 is 57.7 Å². The number of para-hydroxylation sites is 1. The van der Waals surface area contributed by atoms with Gasteiger partial charge in [0.1, 0.15) is 18.1 Å². The molecule has 0 bridgehead atoms. The monoisotopic (exact) mass is 1100 g/mol. The maximum atomic E-state index is 17.4. The van der Waals surface area contributed by atoms with Gasteiger partial charge in [-0.3, -0.25) is 43.6 Å². The molecule has 1 aliphatic carbocycles. The van der Waals surface area contributed by atoms with Crippen LogP contribution in [0.4, 0.5) is 20.2 Å². The number of hydrogen-bond donors (Lipinski definition) is 3. The molecule has 4 saturated heterocycles. The van der Waals surface area contributed by atoms with Gasteiger partial charge in [0.15, 0.2) is 5.60 Å². The highest BCUT2D eigenvalue weighted by Gasteiger charge is 2.61. The Balaban J connectivity index is 0.579. The van der Waals surface area contributed by atoms with Crippen molar-refractivity contribution in [1.82, 2.24) is 29.9 Å². The highest BCUT2D eigenvalue weighted by atomic mass is 19.3. The number of ether oxygens (including phenoxy) is 2. The molecule has 1 spiro atoms. The van der Waals surface area contributed by atoms with Gasteiger partial charge in [-0.05, 0) is 123 Å². The van der Waals surface area contributed by atoms with Crippen molar-refractivity contribution in [1.29, 1.82) is 5.26 Å². The Bertz CT molecular complexity index is 3310. The summed E-state index contributed by atoms with van der Waals surface area (Å²) in [4.78, 5) is 86.8. The molecule has 6 amide bonds. The summed E-state index contributed by atoms with van der Waals surface area (Å²) in [6, 6.07) is 25.1. The zero-order chi connectivity index (χ0) is 56.0. The molecule has 6 aliphatic heterocycles. The molecule has 81 heavy (non-hydrogen) atoms. The first-order valence-corrected chi connectivity index (χ1v) is 28.8. The van der Waals surface area contributed by atoms with Crippen molar-refractivity contribution in [2.75, 3.05) is 82.3 Å². The Hall–Kier alpha value is -7.85. The van der Waals surface area contributed by atoms with Crippen LogP contribution in [-0.2, 0) is 34.8 Å². The summed E-state index contributed by atoms with van der Waals surface area (Å²) in [5.74, 6) is -1.10. The third-order valence-corrected chi connectivity index (χ3v) is 18.3. The van der Waals surface area contributed by atoms with Gasteiger partial charge in [-0.25, -0.2) is 0 Å². The number of carbonyl (C=O) groups excluding carboxylic acids is 6. The predicted molar refractivity (Wildman–Crippen MR) is 297 cm³/mol. The maximum Gasteiger partial charge on any atom is 0.369 e. The first-order valence-electron chi connectivity index (χ1n) is 28.8. The van der Waals surface area contributed by atoms with Crippen LogP contribution in [0.1, 0.15) is 99.2 Å². The second-order valence-electron chi connectivity index (χ2n) is 23.1. The van der Waals surface area contributed by atoms with E-state index in [-0.39, 0.29) is 121 Å². The molecule has 5 aromatic rings. The van der Waals surface area contributed by atoms with E-state index in [0.29, 0.717) is 85.5 Å². The number of amides is 6. The average molecular weight is 1100 g/mol. The first kappa shape index (κ1) is 53.8. The lowest BCUT2D eigenvalue weighted by Crippen LogP contribution is -2.60. The van der Waals surface area contributed by atoms with Gasteiger partial charge in [0.2, 0.25) is 35.4 Å². The number of imide groups is 1. The van der Waals surface area contributed by atoms with Crippen LogP contribution in [0.25, 0.3) is 22.2 Å². The summed E-state index contributed by atoms with van der Waals surface area (Å²) in [6.45, 7) is 6.40. The zero-order valence-corrected chi connectivity index (χ0v) is 45.3. The van der Waals surface area contributed by atoms with Crippen LogP contribution in [0.3, 0.4) is 0 Å². The van der Waals surface area contributed by atoms with E-state index in [1.54, 1.807) is 66.7 Å². The van der Waals surface area contributed by atoms with E-state index in [1.807, 2.05) is 17.0 Å². The van der Waals surface area contributed by atoms with E-state index in [2.05, 4.69) is 44.0 Å².